The number of benzene rings is 1. The van der Waals surface area contributed by atoms with Crippen LogP contribution >= 0.6 is 11.6 Å². The number of nitrogens with one attached hydrogen (secondary N) is 1. The molecule has 0 amide bonds. The molecule has 1 fully saturated rings. The van der Waals surface area contributed by atoms with E-state index in [0.29, 0.717) is 11.7 Å². The highest BCUT2D eigenvalue weighted by molar-refractivity contribution is 6.30. The van der Waals surface area contributed by atoms with Crippen molar-refractivity contribution in [1.29, 1.82) is 0 Å². The highest BCUT2D eigenvalue weighted by Crippen LogP contribution is 2.41. The zero-order valence-electron chi connectivity index (χ0n) is 11.4. The summed E-state index contributed by atoms with van der Waals surface area (Å²) in [5.74, 6) is 0.866. The van der Waals surface area contributed by atoms with Crippen LogP contribution in [0.15, 0.2) is 12.1 Å². The quantitative estimate of drug-likeness (QED) is 0.811. The maximum absolute atomic E-state index is 10.5. The van der Waals surface area contributed by atoms with E-state index in [4.69, 9.17) is 11.6 Å². The van der Waals surface area contributed by atoms with Gasteiger partial charge in [0.25, 0.3) is 0 Å². The first-order valence-corrected chi connectivity index (χ1v) is 7.01. The third kappa shape index (κ3) is 2.81. The number of halogens is 1. The Balaban J connectivity index is 2.44. The second-order valence-corrected chi connectivity index (χ2v) is 6.60. The molecular formula is C15H22ClNO. The largest absolute Gasteiger partial charge is 0.507 e. The first kappa shape index (κ1) is 13.7. The second-order valence-electron chi connectivity index (χ2n) is 6.17. The fourth-order valence-electron chi connectivity index (χ4n) is 2.64. The molecule has 0 unspecified atom stereocenters. The molecule has 1 aromatic carbocycles. The Morgan fingerprint density at radius 2 is 1.83 bits per heavy atom. The van der Waals surface area contributed by atoms with Gasteiger partial charge >= 0.3 is 0 Å². The molecule has 0 saturated carbocycles. The maximum atomic E-state index is 10.5. The molecule has 0 bridgehead atoms. The van der Waals surface area contributed by atoms with E-state index in [-0.39, 0.29) is 5.41 Å². The summed E-state index contributed by atoms with van der Waals surface area (Å²) >= 11 is 6.22. The van der Waals surface area contributed by atoms with Gasteiger partial charge in [0.15, 0.2) is 0 Å². The normalized spacial score (nSPS) is 18.0. The summed E-state index contributed by atoms with van der Waals surface area (Å²) in [5.41, 5.74) is 1.88. The molecule has 18 heavy (non-hydrogen) atoms. The van der Waals surface area contributed by atoms with Gasteiger partial charge in [-0.15, -0.1) is 0 Å². The molecule has 0 aliphatic carbocycles. The molecule has 0 spiro atoms. The summed E-state index contributed by atoms with van der Waals surface area (Å²) in [6.45, 7) is 8.34. The van der Waals surface area contributed by atoms with E-state index in [9.17, 15) is 5.11 Å². The van der Waals surface area contributed by atoms with E-state index in [0.717, 1.165) is 42.1 Å². The van der Waals surface area contributed by atoms with Crippen LogP contribution in [0.3, 0.4) is 0 Å². The van der Waals surface area contributed by atoms with Crippen molar-refractivity contribution in [3.8, 4) is 5.75 Å². The average Bonchev–Trinajstić information content (AvgIpc) is 2.31. The smallest absolute Gasteiger partial charge is 0.122 e. The summed E-state index contributed by atoms with van der Waals surface area (Å²) in [4.78, 5) is 0. The predicted molar refractivity (Wildman–Crippen MR) is 76.7 cm³/mol. The Hall–Kier alpha value is -0.730. The number of aromatic hydroxyl groups is 1. The third-order valence-electron chi connectivity index (χ3n) is 3.69. The minimum atomic E-state index is -0.0867. The van der Waals surface area contributed by atoms with Crippen LogP contribution in [0.1, 0.15) is 50.7 Å². The van der Waals surface area contributed by atoms with Gasteiger partial charge in [-0.1, -0.05) is 32.4 Å². The van der Waals surface area contributed by atoms with E-state index < -0.39 is 0 Å². The van der Waals surface area contributed by atoms with Crippen LogP contribution in [0, 0.1) is 0 Å². The van der Waals surface area contributed by atoms with E-state index in [2.05, 4.69) is 26.1 Å². The number of phenolic OH excluding ortho intramolecular Hbond substituents is 1. The molecule has 2 rings (SSSR count). The van der Waals surface area contributed by atoms with Gasteiger partial charge in [0.1, 0.15) is 5.75 Å². The average molecular weight is 268 g/mol. The highest BCUT2D eigenvalue weighted by Gasteiger charge is 2.25. The standard InChI is InChI=1S/C15H22ClNO/c1-15(2,3)13-9-11(16)8-12(14(13)18)10-4-6-17-7-5-10/h8-10,17-18H,4-7H2,1-3H3. The fraction of sp³-hybridized carbons (Fsp3) is 0.600. The summed E-state index contributed by atoms with van der Waals surface area (Å²) in [6.07, 6.45) is 2.13. The van der Waals surface area contributed by atoms with Gasteiger partial charge in [0.2, 0.25) is 0 Å². The monoisotopic (exact) mass is 267 g/mol. The molecule has 1 aliphatic rings. The minimum absolute atomic E-state index is 0.0867. The van der Waals surface area contributed by atoms with Gasteiger partial charge in [-0.25, -0.2) is 0 Å². The molecule has 1 aromatic rings. The lowest BCUT2D eigenvalue weighted by Gasteiger charge is -2.28. The van der Waals surface area contributed by atoms with Gasteiger partial charge < -0.3 is 10.4 Å². The summed E-state index contributed by atoms with van der Waals surface area (Å²) in [7, 11) is 0. The molecule has 0 atom stereocenters. The molecule has 1 saturated heterocycles. The molecule has 2 nitrogen and oxygen atoms in total. The second kappa shape index (κ2) is 5.10. The van der Waals surface area contributed by atoms with Crippen LogP contribution in [0.5, 0.6) is 5.75 Å². The fourth-order valence-corrected chi connectivity index (χ4v) is 2.86. The molecule has 3 heteroatoms. The van der Waals surface area contributed by atoms with E-state index in [1.54, 1.807) is 0 Å². The number of hydrogen-bond donors (Lipinski definition) is 2. The molecular weight excluding hydrogens is 246 g/mol. The number of piperidine rings is 1. The Morgan fingerprint density at radius 1 is 1.22 bits per heavy atom. The lowest BCUT2D eigenvalue weighted by atomic mass is 9.81. The first-order valence-electron chi connectivity index (χ1n) is 6.63. The maximum Gasteiger partial charge on any atom is 0.122 e. The lowest BCUT2D eigenvalue weighted by molar-refractivity contribution is 0.410. The molecule has 1 heterocycles. The van der Waals surface area contributed by atoms with Crippen LogP contribution in [0.25, 0.3) is 0 Å². The van der Waals surface area contributed by atoms with Crippen LogP contribution in [-0.4, -0.2) is 18.2 Å². The van der Waals surface area contributed by atoms with Crippen molar-refractivity contribution < 1.29 is 5.11 Å². The van der Waals surface area contributed by atoms with Crippen LogP contribution in [-0.2, 0) is 5.41 Å². The van der Waals surface area contributed by atoms with Crippen LogP contribution in [0.4, 0.5) is 0 Å². The summed E-state index contributed by atoms with van der Waals surface area (Å²) in [6, 6.07) is 3.82. The number of hydrogen-bond acceptors (Lipinski definition) is 2. The van der Waals surface area contributed by atoms with Crippen molar-refractivity contribution in [2.75, 3.05) is 13.1 Å². The summed E-state index contributed by atoms with van der Waals surface area (Å²) in [5, 5.41) is 14.6. The highest BCUT2D eigenvalue weighted by atomic mass is 35.5. The van der Waals surface area contributed by atoms with E-state index >= 15 is 0 Å². The SMILES string of the molecule is CC(C)(C)c1cc(Cl)cc(C2CCNCC2)c1O. The number of rotatable bonds is 1. The van der Waals surface area contributed by atoms with Crippen molar-refractivity contribution >= 4 is 11.6 Å². The van der Waals surface area contributed by atoms with E-state index in [1.165, 1.54) is 0 Å². The molecule has 2 N–H and O–H groups in total. The molecule has 1 aliphatic heterocycles. The van der Waals surface area contributed by atoms with Crippen molar-refractivity contribution in [2.24, 2.45) is 0 Å². The minimum Gasteiger partial charge on any atom is -0.507 e. The van der Waals surface area contributed by atoms with Gasteiger partial charge in [-0.2, -0.15) is 0 Å². The Morgan fingerprint density at radius 3 is 2.39 bits per heavy atom. The molecule has 0 radical (unpaired) electrons. The Labute approximate surface area is 114 Å². The van der Waals surface area contributed by atoms with Crippen molar-refractivity contribution in [3.63, 3.8) is 0 Å². The van der Waals surface area contributed by atoms with Crippen molar-refractivity contribution in [1.82, 2.24) is 5.32 Å². The molecule has 0 aromatic heterocycles. The first-order chi connectivity index (χ1) is 8.39. The Kier molecular flexibility index (Phi) is 3.88. The van der Waals surface area contributed by atoms with Gasteiger partial charge in [0.05, 0.1) is 0 Å². The van der Waals surface area contributed by atoms with Gasteiger partial charge in [-0.3, -0.25) is 0 Å². The molecule has 100 valence electrons. The van der Waals surface area contributed by atoms with Crippen LogP contribution in [0.2, 0.25) is 5.02 Å². The predicted octanol–water partition coefficient (Wildman–Crippen LogP) is 3.81. The van der Waals surface area contributed by atoms with Gasteiger partial charge in [0, 0.05) is 10.6 Å². The summed E-state index contributed by atoms with van der Waals surface area (Å²) < 4.78 is 0. The zero-order chi connectivity index (χ0) is 13.3. The van der Waals surface area contributed by atoms with Crippen molar-refractivity contribution in [3.05, 3.63) is 28.3 Å². The van der Waals surface area contributed by atoms with E-state index in [1.807, 2.05) is 12.1 Å². The number of phenols is 1. The van der Waals surface area contributed by atoms with Crippen molar-refractivity contribution in [2.45, 2.75) is 44.9 Å². The zero-order valence-corrected chi connectivity index (χ0v) is 12.1. The lowest BCUT2D eigenvalue weighted by Crippen LogP contribution is -2.27. The third-order valence-corrected chi connectivity index (χ3v) is 3.91. The van der Waals surface area contributed by atoms with Crippen LogP contribution < -0.4 is 5.32 Å². The Bertz CT molecular complexity index is 431. The van der Waals surface area contributed by atoms with Gasteiger partial charge in [-0.05, 0) is 55.0 Å². The topological polar surface area (TPSA) is 32.3 Å².